The standard InChI is InChI=1S/C37H36N4OS/c1-23-21-37(2,3)40(22-24-10-5-4-6-11-24)30-16-15-25(18-27(23)30)35-34-29(19-26(20-32(34)42)33-14-9-17-43-33)39-36-38-28-12-7-8-13-31(28)41(35)36/h4-18,23,26,35H,19-22H2,1-3H3,(H,38,39). The first-order chi connectivity index (χ1) is 20.9. The number of rotatable bonds is 4. The van der Waals surface area contributed by atoms with Crippen LogP contribution in [-0.4, -0.2) is 20.9 Å². The second-order valence-corrected chi connectivity index (χ2v) is 14.0. The number of para-hydroxylation sites is 2. The zero-order valence-electron chi connectivity index (χ0n) is 24.9. The normalized spacial score (nSPS) is 22.6. The Hall–Kier alpha value is -4.16. The molecule has 5 aromatic rings. The molecule has 0 radical (unpaired) electrons. The number of aromatic nitrogens is 2. The summed E-state index contributed by atoms with van der Waals surface area (Å²) in [6.07, 6.45) is 2.43. The number of nitrogens with one attached hydrogen (secondary N) is 1. The fourth-order valence-corrected chi connectivity index (χ4v) is 8.64. The zero-order chi connectivity index (χ0) is 29.3. The summed E-state index contributed by atoms with van der Waals surface area (Å²) in [7, 11) is 0. The van der Waals surface area contributed by atoms with Gasteiger partial charge >= 0.3 is 0 Å². The SMILES string of the molecule is CC1CC(C)(C)N(Cc2ccccc2)c2ccc(C3C4=C(CC(c5cccs5)CC4=O)Nc4nc5ccccc5n43)cc21. The molecule has 3 atom stereocenters. The number of carbonyl (C=O) groups is 1. The van der Waals surface area contributed by atoms with Gasteiger partial charge < -0.3 is 10.2 Å². The molecule has 0 spiro atoms. The highest BCUT2D eigenvalue weighted by molar-refractivity contribution is 7.10. The van der Waals surface area contributed by atoms with E-state index in [0.717, 1.165) is 53.2 Å². The molecular weight excluding hydrogens is 549 g/mol. The maximum Gasteiger partial charge on any atom is 0.209 e. The van der Waals surface area contributed by atoms with Gasteiger partial charge in [0.05, 0.1) is 17.1 Å². The Morgan fingerprint density at radius 2 is 1.79 bits per heavy atom. The van der Waals surface area contributed by atoms with Crippen LogP contribution in [0.2, 0.25) is 0 Å². The van der Waals surface area contributed by atoms with E-state index in [-0.39, 0.29) is 23.3 Å². The average molecular weight is 585 g/mol. The van der Waals surface area contributed by atoms with Crippen LogP contribution < -0.4 is 10.2 Å². The second-order valence-electron chi connectivity index (χ2n) is 13.1. The Morgan fingerprint density at radius 3 is 2.60 bits per heavy atom. The van der Waals surface area contributed by atoms with Crippen LogP contribution in [0.25, 0.3) is 11.0 Å². The zero-order valence-corrected chi connectivity index (χ0v) is 25.7. The predicted octanol–water partition coefficient (Wildman–Crippen LogP) is 8.81. The van der Waals surface area contributed by atoms with Crippen LogP contribution in [0.15, 0.2) is 102 Å². The molecule has 0 saturated carbocycles. The van der Waals surface area contributed by atoms with Gasteiger partial charge in [0.2, 0.25) is 5.95 Å². The van der Waals surface area contributed by atoms with Crippen molar-refractivity contribution in [2.24, 2.45) is 0 Å². The molecule has 6 heteroatoms. The molecular formula is C37H36N4OS. The summed E-state index contributed by atoms with van der Waals surface area (Å²) in [6, 6.07) is 30.1. The van der Waals surface area contributed by atoms with Gasteiger partial charge in [0.15, 0.2) is 5.78 Å². The molecule has 0 amide bonds. The van der Waals surface area contributed by atoms with E-state index in [2.05, 4.69) is 120 Å². The van der Waals surface area contributed by atoms with Gasteiger partial charge in [0, 0.05) is 46.3 Å². The van der Waals surface area contributed by atoms with Gasteiger partial charge in [0.1, 0.15) is 0 Å². The minimum absolute atomic E-state index is 0.0259. The van der Waals surface area contributed by atoms with Crippen molar-refractivity contribution in [1.82, 2.24) is 9.55 Å². The van der Waals surface area contributed by atoms with E-state index in [0.29, 0.717) is 12.3 Å². The van der Waals surface area contributed by atoms with E-state index in [4.69, 9.17) is 4.98 Å². The highest BCUT2D eigenvalue weighted by atomic mass is 32.1. The molecule has 2 aliphatic heterocycles. The van der Waals surface area contributed by atoms with Crippen molar-refractivity contribution in [1.29, 1.82) is 0 Å². The van der Waals surface area contributed by atoms with Crippen molar-refractivity contribution in [2.75, 3.05) is 10.2 Å². The second kappa shape index (κ2) is 9.95. The van der Waals surface area contributed by atoms with Crippen molar-refractivity contribution >= 4 is 39.8 Å². The van der Waals surface area contributed by atoms with E-state index in [1.54, 1.807) is 11.3 Å². The number of Topliss-reactive ketones (excluding diaryl/α,β-unsaturated/α-hetero) is 1. The van der Waals surface area contributed by atoms with Crippen molar-refractivity contribution < 1.29 is 4.79 Å². The van der Waals surface area contributed by atoms with Gasteiger partial charge in [-0.05, 0) is 78.9 Å². The molecule has 3 aliphatic rings. The van der Waals surface area contributed by atoms with Crippen molar-refractivity contribution in [2.45, 2.75) is 70.0 Å². The molecule has 8 rings (SSSR count). The molecule has 1 aliphatic carbocycles. The molecule has 4 heterocycles. The summed E-state index contributed by atoms with van der Waals surface area (Å²) in [4.78, 5) is 23.0. The van der Waals surface area contributed by atoms with E-state index in [9.17, 15) is 4.79 Å². The smallest absolute Gasteiger partial charge is 0.209 e. The number of hydrogen-bond donors (Lipinski definition) is 1. The first-order valence-electron chi connectivity index (χ1n) is 15.4. The van der Waals surface area contributed by atoms with Crippen molar-refractivity contribution in [3.8, 4) is 0 Å². The maximum absolute atomic E-state index is 14.1. The summed E-state index contributed by atoms with van der Waals surface area (Å²) in [5.74, 6) is 1.66. The molecule has 1 N–H and O–H groups in total. The number of thiophene rings is 1. The lowest BCUT2D eigenvalue weighted by atomic mass is 9.77. The number of ketones is 1. The third-order valence-corrected chi connectivity index (χ3v) is 10.8. The maximum atomic E-state index is 14.1. The van der Waals surface area contributed by atoms with Crippen LogP contribution in [0.4, 0.5) is 11.6 Å². The van der Waals surface area contributed by atoms with Crippen LogP contribution in [-0.2, 0) is 11.3 Å². The monoisotopic (exact) mass is 584 g/mol. The van der Waals surface area contributed by atoms with Gasteiger partial charge in [-0.1, -0.05) is 67.6 Å². The summed E-state index contributed by atoms with van der Waals surface area (Å²) in [5, 5.41) is 5.74. The van der Waals surface area contributed by atoms with Gasteiger partial charge in [-0.2, -0.15) is 0 Å². The molecule has 2 aromatic heterocycles. The lowest BCUT2D eigenvalue weighted by Crippen LogP contribution is -2.47. The van der Waals surface area contributed by atoms with Gasteiger partial charge in [-0.3, -0.25) is 9.36 Å². The molecule has 0 saturated heterocycles. The summed E-state index contributed by atoms with van der Waals surface area (Å²) < 4.78 is 2.26. The van der Waals surface area contributed by atoms with E-state index in [1.807, 2.05) is 6.07 Å². The van der Waals surface area contributed by atoms with Gasteiger partial charge in [-0.25, -0.2) is 4.98 Å². The number of allylic oxidation sites excluding steroid dienone is 2. The largest absolute Gasteiger partial charge is 0.362 e. The number of nitrogens with zero attached hydrogens (tertiary/aromatic N) is 3. The Bertz CT molecular complexity index is 1880. The third kappa shape index (κ3) is 4.34. The number of imidazole rings is 1. The number of fused-ring (bicyclic) bond motifs is 4. The van der Waals surface area contributed by atoms with Crippen molar-refractivity contribution in [3.05, 3.63) is 123 Å². The molecule has 3 unspecified atom stereocenters. The van der Waals surface area contributed by atoms with E-state index in [1.165, 1.54) is 21.7 Å². The number of benzene rings is 3. The van der Waals surface area contributed by atoms with Crippen LogP contribution in [0.3, 0.4) is 0 Å². The lowest BCUT2D eigenvalue weighted by molar-refractivity contribution is -0.116. The summed E-state index contributed by atoms with van der Waals surface area (Å²) >= 11 is 1.75. The minimum atomic E-state index is -0.217. The fraction of sp³-hybridized carbons (Fsp3) is 0.297. The van der Waals surface area contributed by atoms with Gasteiger partial charge in [0.25, 0.3) is 0 Å². The minimum Gasteiger partial charge on any atom is -0.362 e. The number of anilines is 2. The topological polar surface area (TPSA) is 50.2 Å². The lowest BCUT2D eigenvalue weighted by Gasteiger charge is -2.48. The molecule has 3 aromatic carbocycles. The van der Waals surface area contributed by atoms with E-state index < -0.39 is 0 Å². The van der Waals surface area contributed by atoms with Crippen LogP contribution in [0.5, 0.6) is 0 Å². The Labute approximate surface area is 256 Å². The Morgan fingerprint density at radius 1 is 0.977 bits per heavy atom. The molecule has 216 valence electrons. The Balaban J connectivity index is 1.27. The highest BCUT2D eigenvalue weighted by Crippen LogP contribution is 2.49. The average Bonchev–Trinajstić information content (AvgIpc) is 3.67. The van der Waals surface area contributed by atoms with Crippen LogP contribution in [0, 0.1) is 0 Å². The highest BCUT2D eigenvalue weighted by Gasteiger charge is 2.41. The quantitative estimate of drug-likeness (QED) is 0.229. The first-order valence-corrected chi connectivity index (χ1v) is 16.2. The Kier molecular flexibility index (Phi) is 6.12. The van der Waals surface area contributed by atoms with Gasteiger partial charge in [-0.15, -0.1) is 11.3 Å². The molecule has 43 heavy (non-hydrogen) atoms. The van der Waals surface area contributed by atoms with Crippen molar-refractivity contribution in [3.63, 3.8) is 0 Å². The van der Waals surface area contributed by atoms with Crippen LogP contribution >= 0.6 is 11.3 Å². The first kappa shape index (κ1) is 26.5. The summed E-state index contributed by atoms with van der Waals surface area (Å²) in [5.41, 5.74) is 9.07. The summed E-state index contributed by atoms with van der Waals surface area (Å²) in [6.45, 7) is 7.95. The van der Waals surface area contributed by atoms with Crippen LogP contribution in [0.1, 0.15) is 79.5 Å². The number of hydrogen-bond acceptors (Lipinski definition) is 5. The number of carbonyl (C=O) groups excluding carboxylic acids is 1. The predicted molar refractivity (Wildman–Crippen MR) is 176 cm³/mol. The molecule has 0 fully saturated rings. The molecule has 5 nitrogen and oxygen atoms in total. The fourth-order valence-electron chi connectivity index (χ4n) is 7.81. The molecule has 0 bridgehead atoms. The third-order valence-electron chi connectivity index (χ3n) is 9.75. The van der Waals surface area contributed by atoms with E-state index >= 15 is 0 Å².